The topological polar surface area (TPSA) is 55.1 Å². The van der Waals surface area contributed by atoms with E-state index in [2.05, 4.69) is 44.0 Å². The van der Waals surface area contributed by atoms with Gasteiger partial charge in [0.15, 0.2) is 0 Å². The van der Waals surface area contributed by atoms with E-state index in [1.165, 1.54) is 11.1 Å². The molecule has 0 fully saturated rings. The van der Waals surface area contributed by atoms with Crippen LogP contribution in [0.5, 0.6) is 0 Å². The van der Waals surface area contributed by atoms with Crippen LogP contribution >= 0.6 is 0 Å². The number of carbonyl (C=O) groups is 1. The smallest absolute Gasteiger partial charge is 0.286 e. The number of rotatable bonds is 0. The molecule has 0 aliphatic rings. The first-order valence-corrected chi connectivity index (χ1v) is 4.39. The van der Waals surface area contributed by atoms with Crippen molar-refractivity contribution in [2.45, 2.75) is 20.0 Å². The van der Waals surface area contributed by atoms with Crippen molar-refractivity contribution < 1.29 is 18.0 Å². The summed E-state index contributed by atoms with van der Waals surface area (Å²) in [6.07, 6.45) is -4.87. The van der Waals surface area contributed by atoms with E-state index in [0.29, 0.717) is 0 Å². The van der Waals surface area contributed by atoms with E-state index in [0.717, 1.165) is 5.43 Å². The Labute approximate surface area is 91.4 Å². The molecule has 0 saturated carbocycles. The second kappa shape index (κ2) is 6.12. The molecule has 0 aliphatic heterocycles. The fourth-order valence-electron chi connectivity index (χ4n) is 0.745. The summed E-state index contributed by atoms with van der Waals surface area (Å²) in [6.45, 7) is 4.24. The minimum atomic E-state index is -4.87. The molecule has 3 N–H and O–H groups in total. The summed E-state index contributed by atoms with van der Waals surface area (Å²) in [6, 6.07) is 8.36. The summed E-state index contributed by atoms with van der Waals surface area (Å²) >= 11 is 0. The fraction of sp³-hybridized carbons (Fsp3) is 0.300. The lowest BCUT2D eigenvalue weighted by molar-refractivity contribution is -0.173. The molecule has 1 rings (SSSR count). The molecule has 0 heterocycles. The van der Waals surface area contributed by atoms with Gasteiger partial charge in [-0.15, -0.1) is 0 Å². The van der Waals surface area contributed by atoms with Crippen molar-refractivity contribution in [2.24, 2.45) is 5.84 Å². The van der Waals surface area contributed by atoms with Crippen LogP contribution in [0.1, 0.15) is 11.1 Å². The number of aryl methyl sites for hydroxylation is 2. The Balaban J connectivity index is 0.000000281. The molecule has 0 radical (unpaired) electrons. The molecule has 1 amide bonds. The standard InChI is InChI=1S/C8H10.C2H3F3N2O/c1-7-5-3-4-6-8(7)2;3-2(4,5)1(8)7-6/h3-6H,1-2H3;6H2,(H,7,8). The quantitative estimate of drug-likeness (QED) is 0.409. The number of amides is 1. The van der Waals surface area contributed by atoms with Crippen LogP contribution in [0.3, 0.4) is 0 Å². The van der Waals surface area contributed by atoms with Gasteiger partial charge < -0.3 is 0 Å². The molecule has 0 atom stereocenters. The van der Waals surface area contributed by atoms with Gasteiger partial charge in [0.25, 0.3) is 0 Å². The molecule has 0 spiro atoms. The van der Waals surface area contributed by atoms with Crippen molar-refractivity contribution in [1.82, 2.24) is 5.43 Å². The van der Waals surface area contributed by atoms with Crippen molar-refractivity contribution in [3.63, 3.8) is 0 Å². The van der Waals surface area contributed by atoms with E-state index >= 15 is 0 Å². The summed E-state index contributed by atoms with van der Waals surface area (Å²) in [5.41, 5.74) is 3.68. The predicted molar refractivity (Wildman–Crippen MR) is 54.3 cm³/mol. The first-order valence-electron chi connectivity index (χ1n) is 4.39. The lowest BCUT2D eigenvalue weighted by Crippen LogP contribution is -2.40. The van der Waals surface area contributed by atoms with Crippen LogP contribution in [0.2, 0.25) is 0 Å². The Morgan fingerprint density at radius 2 is 1.56 bits per heavy atom. The average Bonchev–Trinajstić information content (AvgIpc) is 2.21. The van der Waals surface area contributed by atoms with Gasteiger partial charge >= 0.3 is 12.1 Å². The van der Waals surface area contributed by atoms with Crippen molar-refractivity contribution in [3.8, 4) is 0 Å². The molecule has 0 bridgehead atoms. The average molecular weight is 234 g/mol. The van der Waals surface area contributed by atoms with Gasteiger partial charge in [0.05, 0.1) is 0 Å². The number of nitrogens with one attached hydrogen (secondary N) is 1. The number of alkyl halides is 3. The minimum Gasteiger partial charge on any atom is -0.286 e. The van der Waals surface area contributed by atoms with Crippen LogP contribution in [0, 0.1) is 13.8 Å². The number of nitrogens with two attached hydrogens (primary N) is 1. The van der Waals surface area contributed by atoms with Crippen LogP contribution in [0.4, 0.5) is 13.2 Å². The lowest BCUT2D eigenvalue weighted by Gasteiger charge is -2.00. The maximum Gasteiger partial charge on any atom is 0.472 e. The molecule has 6 heteroatoms. The number of hydrazine groups is 1. The zero-order chi connectivity index (χ0) is 12.8. The number of benzene rings is 1. The third kappa shape index (κ3) is 5.35. The number of hydrogen-bond acceptors (Lipinski definition) is 2. The molecule has 3 nitrogen and oxygen atoms in total. The summed E-state index contributed by atoms with van der Waals surface area (Å²) < 4.78 is 32.9. The first-order chi connectivity index (χ1) is 7.29. The van der Waals surface area contributed by atoms with E-state index in [-0.39, 0.29) is 0 Å². The maximum atomic E-state index is 11.0. The van der Waals surface area contributed by atoms with Gasteiger partial charge in [-0.25, -0.2) is 5.84 Å². The Morgan fingerprint density at radius 3 is 1.69 bits per heavy atom. The maximum absolute atomic E-state index is 11.0. The zero-order valence-corrected chi connectivity index (χ0v) is 8.93. The number of halogens is 3. The summed E-state index contributed by atoms with van der Waals surface area (Å²) in [4.78, 5) is 9.47. The Kier molecular flexibility index (Phi) is 5.52. The number of carbonyl (C=O) groups excluding carboxylic acids is 1. The predicted octanol–water partition coefficient (Wildman–Crippen LogP) is 1.84. The lowest BCUT2D eigenvalue weighted by atomic mass is 10.1. The van der Waals surface area contributed by atoms with Crippen LogP contribution < -0.4 is 11.3 Å². The van der Waals surface area contributed by atoms with Crippen molar-refractivity contribution in [1.29, 1.82) is 0 Å². The molecule has 0 aliphatic carbocycles. The monoisotopic (exact) mass is 234 g/mol. The van der Waals surface area contributed by atoms with Crippen LogP contribution in [0.25, 0.3) is 0 Å². The molecule has 0 aromatic heterocycles. The molecule has 16 heavy (non-hydrogen) atoms. The highest BCUT2D eigenvalue weighted by molar-refractivity contribution is 5.80. The van der Waals surface area contributed by atoms with Gasteiger partial charge in [0.2, 0.25) is 0 Å². The molecule has 1 aromatic carbocycles. The van der Waals surface area contributed by atoms with E-state index in [9.17, 15) is 18.0 Å². The largest absolute Gasteiger partial charge is 0.472 e. The first kappa shape index (κ1) is 14.4. The highest BCUT2D eigenvalue weighted by atomic mass is 19.4. The van der Waals surface area contributed by atoms with Gasteiger partial charge in [-0.1, -0.05) is 24.3 Å². The molecular formula is C10H13F3N2O. The molecular weight excluding hydrogens is 221 g/mol. The number of hydrogen-bond donors (Lipinski definition) is 2. The van der Waals surface area contributed by atoms with Gasteiger partial charge in [-0.2, -0.15) is 13.2 Å². The Bertz CT molecular complexity index is 329. The van der Waals surface area contributed by atoms with Gasteiger partial charge in [-0.3, -0.25) is 10.2 Å². The van der Waals surface area contributed by atoms with E-state index in [1.54, 1.807) is 0 Å². The highest BCUT2D eigenvalue weighted by Gasteiger charge is 2.37. The minimum absolute atomic E-state index is 0.941. The third-order valence-corrected chi connectivity index (χ3v) is 1.81. The summed E-state index contributed by atoms with van der Waals surface area (Å²) in [5, 5.41) is 0. The normalized spacial score (nSPS) is 10.1. The van der Waals surface area contributed by atoms with E-state index < -0.39 is 12.1 Å². The van der Waals surface area contributed by atoms with E-state index in [1.807, 2.05) is 0 Å². The molecule has 0 saturated heterocycles. The van der Waals surface area contributed by atoms with Gasteiger partial charge in [0.1, 0.15) is 0 Å². The summed E-state index contributed by atoms with van der Waals surface area (Å²) in [5.74, 6) is 2.00. The highest BCUT2D eigenvalue weighted by Crippen LogP contribution is 2.12. The fourth-order valence-corrected chi connectivity index (χ4v) is 0.745. The SMILES string of the molecule is Cc1ccccc1C.NNC(=O)C(F)(F)F. The van der Waals surface area contributed by atoms with E-state index in [4.69, 9.17) is 0 Å². The van der Waals surface area contributed by atoms with Gasteiger partial charge in [0, 0.05) is 0 Å². The van der Waals surface area contributed by atoms with Crippen molar-refractivity contribution in [3.05, 3.63) is 35.4 Å². The molecule has 0 unspecified atom stereocenters. The van der Waals surface area contributed by atoms with Crippen molar-refractivity contribution >= 4 is 5.91 Å². The van der Waals surface area contributed by atoms with Crippen LogP contribution in [-0.4, -0.2) is 12.1 Å². The second-order valence-electron chi connectivity index (χ2n) is 3.06. The van der Waals surface area contributed by atoms with Crippen LogP contribution in [0.15, 0.2) is 24.3 Å². The van der Waals surface area contributed by atoms with Crippen LogP contribution in [-0.2, 0) is 4.79 Å². The van der Waals surface area contributed by atoms with Crippen molar-refractivity contribution in [2.75, 3.05) is 0 Å². The van der Waals surface area contributed by atoms with Gasteiger partial charge in [-0.05, 0) is 25.0 Å². The summed E-state index contributed by atoms with van der Waals surface area (Å²) in [7, 11) is 0. The Morgan fingerprint density at radius 1 is 1.19 bits per heavy atom. The molecule has 90 valence electrons. The molecule has 1 aromatic rings. The second-order valence-corrected chi connectivity index (χ2v) is 3.06. The third-order valence-electron chi connectivity index (χ3n) is 1.81. The Hall–Kier alpha value is -1.56. The zero-order valence-electron chi connectivity index (χ0n) is 8.93.